The summed E-state index contributed by atoms with van der Waals surface area (Å²) in [5.74, 6) is -0.781. The Bertz CT molecular complexity index is 901. The molecule has 0 aliphatic rings. The molecule has 0 unspecified atom stereocenters. The van der Waals surface area contributed by atoms with E-state index in [0.717, 1.165) is 0 Å². The summed E-state index contributed by atoms with van der Waals surface area (Å²) in [7, 11) is 0. The van der Waals surface area contributed by atoms with Gasteiger partial charge in [-0.1, -0.05) is 11.6 Å². The van der Waals surface area contributed by atoms with Crippen molar-refractivity contribution < 1.29 is 9.59 Å². The molecule has 0 spiro atoms. The number of hydrogen-bond donors (Lipinski definition) is 4. The zero-order chi connectivity index (χ0) is 19.1. The van der Waals surface area contributed by atoms with Crippen LogP contribution in [0.2, 0.25) is 5.02 Å². The second-order valence-electron chi connectivity index (χ2n) is 5.27. The first kappa shape index (κ1) is 18.8. The Balaban J connectivity index is 2.06. The van der Waals surface area contributed by atoms with Crippen LogP contribution >= 0.6 is 11.6 Å². The highest BCUT2D eigenvalue weighted by Gasteiger charge is 2.11. The summed E-state index contributed by atoms with van der Waals surface area (Å²) in [4.78, 5) is 23.2. The highest BCUT2D eigenvalue weighted by atomic mass is 35.5. The minimum atomic E-state index is -0.610. The average molecular weight is 370 g/mol. The Morgan fingerprint density at radius 1 is 1.12 bits per heavy atom. The molecule has 132 valence electrons. The van der Waals surface area contributed by atoms with E-state index >= 15 is 0 Å². The largest absolute Gasteiger partial charge is 0.399 e. The molecule has 5 N–H and O–H groups in total. The zero-order valence-electron chi connectivity index (χ0n) is 13.8. The standard InChI is InChI=1S/C18H16ClN5O2/c1-11(25)23-15-5-3-14(4-6-15)22-10-12(9-20)18(26)24-17-7-2-13(21)8-16(17)19/h2-8,10,22H,21H2,1H3,(H,23,25)(H,24,26)/b12-10-. The number of hydrogen-bond acceptors (Lipinski definition) is 5. The van der Waals surface area contributed by atoms with E-state index in [2.05, 4.69) is 16.0 Å². The lowest BCUT2D eigenvalue weighted by molar-refractivity contribution is -0.114. The van der Waals surface area contributed by atoms with Gasteiger partial charge in [-0.15, -0.1) is 0 Å². The molecule has 2 aromatic carbocycles. The van der Waals surface area contributed by atoms with Gasteiger partial charge in [0.05, 0.1) is 10.7 Å². The normalized spacial score (nSPS) is 10.6. The molecule has 0 bridgehead atoms. The van der Waals surface area contributed by atoms with Crippen LogP contribution in [0.25, 0.3) is 0 Å². The fraction of sp³-hybridized carbons (Fsp3) is 0.0556. The Hall–Kier alpha value is -3.50. The molecule has 0 saturated carbocycles. The lowest BCUT2D eigenvalue weighted by Gasteiger charge is -2.08. The summed E-state index contributed by atoms with van der Waals surface area (Å²) in [6.07, 6.45) is 1.29. The highest BCUT2D eigenvalue weighted by Crippen LogP contribution is 2.24. The molecule has 0 aliphatic heterocycles. The zero-order valence-corrected chi connectivity index (χ0v) is 14.6. The average Bonchev–Trinajstić information content (AvgIpc) is 2.59. The minimum Gasteiger partial charge on any atom is -0.399 e. The monoisotopic (exact) mass is 369 g/mol. The molecule has 2 amide bonds. The third kappa shape index (κ3) is 5.26. The first-order valence-electron chi connectivity index (χ1n) is 7.50. The number of halogens is 1. The maximum absolute atomic E-state index is 12.2. The Morgan fingerprint density at radius 3 is 2.35 bits per heavy atom. The van der Waals surface area contributed by atoms with Crippen LogP contribution in [0.3, 0.4) is 0 Å². The van der Waals surface area contributed by atoms with Crippen molar-refractivity contribution >= 4 is 46.2 Å². The predicted octanol–water partition coefficient (Wildman–Crippen LogP) is 3.34. The number of anilines is 4. The predicted molar refractivity (Wildman–Crippen MR) is 103 cm³/mol. The van der Waals surface area contributed by atoms with Gasteiger partial charge in [0.2, 0.25) is 5.91 Å². The van der Waals surface area contributed by atoms with E-state index in [4.69, 9.17) is 17.3 Å². The van der Waals surface area contributed by atoms with Crippen molar-refractivity contribution in [2.45, 2.75) is 6.92 Å². The molecule has 0 saturated heterocycles. The molecule has 2 rings (SSSR count). The minimum absolute atomic E-state index is 0.135. The number of rotatable bonds is 5. The van der Waals surface area contributed by atoms with Gasteiger partial charge in [-0.25, -0.2) is 0 Å². The van der Waals surface area contributed by atoms with Gasteiger partial charge < -0.3 is 21.7 Å². The summed E-state index contributed by atoms with van der Waals surface area (Å²) in [5.41, 5.74) is 7.57. The van der Waals surface area contributed by atoms with Crippen LogP contribution < -0.4 is 21.7 Å². The molecule has 0 fully saturated rings. The Labute approximate surface area is 155 Å². The molecule has 0 radical (unpaired) electrons. The van der Waals surface area contributed by atoms with E-state index in [9.17, 15) is 14.9 Å². The molecule has 0 aliphatic carbocycles. The molecule has 0 atom stereocenters. The molecule has 0 heterocycles. The van der Waals surface area contributed by atoms with Crippen LogP contribution in [0.15, 0.2) is 54.2 Å². The van der Waals surface area contributed by atoms with Crippen LogP contribution in [0.4, 0.5) is 22.7 Å². The number of carbonyl (C=O) groups excluding carboxylic acids is 2. The number of carbonyl (C=O) groups is 2. The van der Waals surface area contributed by atoms with E-state index in [-0.39, 0.29) is 16.5 Å². The molecule has 26 heavy (non-hydrogen) atoms. The molecule has 0 aromatic heterocycles. The molecular formula is C18H16ClN5O2. The van der Waals surface area contributed by atoms with Crippen molar-refractivity contribution in [3.05, 3.63) is 59.3 Å². The maximum Gasteiger partial charge on any atom is 0.267 e. The third-order valence-electron chi connectivity index (χ3n) is 3.19. The van der Waals surface area contributed by atoms with Crippen LogP contribution in [0.1, 0.15) is 6.92 Å². The van der Waals surface area contributed by atoms with Gasteiger partial charge in [-0.05, 0) is 42.5 Å². The maximum atomic E-state index is 12.2. The number of nitrogens with zero attached hydrogens (tertiary/aromatic N) is 1. The summed E-state index contributed by atoms with van der Waals surface area (Å²) >= 11 is 6.00. The van der Waals surface area contributed by atoms with Gasteiger partial charge in [-0.3, -0.25) is 9.59 Å². The fourth-order valence-electron chi connectivity index (χ4n) is 1.98. The SMILES string of the molecule is CC(=O)Nc1ccc(N/C=C(/C#N)C(=O)Nc2ccc(N)cc2Cl)cc1. The van der Waals surface area contributed by atoms with Crippen molar-refractivity contribution in [2.24, 2.45) is 0 Å². The van der Waals surface area contributed by atoms with Crippen LogP contribution in [0.5, 0.6) is 0 Å². The number of nitrogens with two attached hydrogens (primary N) is 1. The van der Waals surface area contributed by atoms with Crippen molar-refractivity contribution in [1.82, 2.24) is 0 Å². The van der Waals surface area contributed by atoms with Gasteiger partial charge in [0.15, 0.2) is 0 Å². The lowest BCUT2D eigenvalue weighted by Crippen LogP contribution is -2.15. The van der Waals surface area contributed by atoms with E-state index in [1.807, 2.05) is 6.07 Å². The number of nitrogen functional groups attached to an aromatic ring is 1. The number of nitrogens with one attached hydrogen (secondary N) is 3. The first-order chi connectivity index (χ1) is 12.4. The van der Waals surface area contributed by atoms with Gasteiger partial charge in [-0.2, -0.15) is 5.26 Å². The van der Waals surface area contributed by atoms with Gasteiger partial charge in [0.1, 0.15) is 11.6 Å². The van der Waals surface area contributed by atoms with Gasteiger partial charge >= 0.3 is 0 Å². The molecular weight excluding hydrogens is 354 g/mol. The number of amides is 2. The molecule has 2 aromatic rings. The number of benzene rings is 2. The first-order valence-corrected chi connectivity index (χ1v) is 7.87. The third-order valence-corrected chi connectivity index (χ3v) is 3.51. The van der Waals surface area contributed by atoms with Crippen LogP contribution in [0, 0.1) is 11.3 Å². The van der Waals surface area contributed by atoms with Crippen LogP contribution in [-0.4, -0.2) is 11.8 Å². The van der Waals surface area contributed by atoms with E-state index in [1.54, 1.807) is 36.4 Å². The Kier molecular flexibility index (Phi) is 6.20. The summed E-state index contributed by atoms with van der Waals surface area (Å²) < 4.78 is 0. The fourth-order valence-corrected chi connectivity index (χ4v) is 2.22. The second-order valence-corrected chi connectivity index (χ2v) is 5.67. The smallest absolute Gasteiger partial charge is 0.267 e. The topological polar surface area (TPSA) is 120 Å². The van der Waals surface area contributed by atoms with E-state index in [1.165, 1.54) is 19.2 Å². The quantitative estimate of drug-likeness (QED) is 0.366. The highest BCUT2D eigenvalue weighted by molar-refractivity contribution is 6.34. The van der Waals surface area contributed by atoms with Gasteiger partial charge in [0, 0.05) is 30.2 Å². The second kappa shape index (κ2) is 8.55. The summed E-state index contributed by atoms with van der Waals surface area (Å²) in [6.45, 7) is 1.42. The van der Waals surface area contributed by atoms with Crippen molar-refractivity contribution in [3.8, 4) is 6.07 Å². The van der Waals surface area contributed by atoms with E-state index in [0.29, 0.717) is 22.7 Å². The van der Waals surface area contributed by atoms with Crippen molar-refractivity contribution in [1.29, 1.82) is 5.26 Å². The van der Waals surface area contributed by atoms with E-state index < -0.39 is 5.91 Å². The van der Waals surface area contributed by atoms with Crippen LogP contribution in [-0.2, 0) is 9.59 Å². The lowest BCUT2D eigenvalue weighted by atomic mass is 10.2. The molecule has 8 heteroatoms. The number of nitriles is 1. The van der Waals surface area contributed by atoms with Crippen molar-refractivity contribution in [2.75, 3.05) is 21.7 Å². The Morgan fingerprint density at radius 2 is 1.77 bits per heavy atom. The van der Waals surface area contributed by atoms with Crippen molar-refractivity contribution in [3.63, 3.8) is 0 Å². The van der Waals surface area contributed by atoms with Gasteiger partial charge in [0.25, 0.3) is 5.91 Å². The molecule has 7 nitrogen and oxygen atoms in total. The summed E-state index contributed by atoms with van der Waals surface area (Å²) in [6, 6.07) is 13.3. The summed E-state index contributed by atoms with van der Waals surface area (Å²) in [5, 5.41) is 17.5.